The van der Waals surface area contributed by atoms with Crippen molar-refractivity contribution < 1.29 is 24.2 Å². The fourth-order valence-electron chi connectivity index (χ4n) is 6.04. The van der Waals surface area contributed by atoms with Gasteiger partial charge in [-0.3, -0.25) is 9.59 Å². The maximum atomic E-state index is 13.5. The fraction of sp³-hybridized carbons (Fsp3) is 0.500. The van der Waals surface area contributed by atoms with Crippen molar-refractivity contribution in [2.45, 2.75) is 37.2 Å². The van der Waals surface area contributed by atoms with E-state index >= 15 is 0 Å². The van der Waals surface area contributed by atoms with E-state index in [1.165, 1.54) is 0 Å². The van der Waals surface area contributed by atoms with Gasteiger partial charge in [0, 0.05) is 23.8 Å². The zero-order valence-electron chi connectivity index (χ0n) is 14.3. The van der Waals surface area contributed by atoms with Gasteiger partial charge in [0.15, 0.2) is 0 Å². The molecule has 2 bridgehead atoms. The summed E-state index contributed by atoms with van der Waals surface area (Å²) in [7, 11) is 0. The molecule has 0 unspecified atom stereocenters. The first-order valence-electron chi connectivity index (χ1n) is 9.18. The second-order valence-corrected chi connectivity index (χ2v) is 8.10. The van der Waals surface area contributed by atoms with Gasteiger partial charge in [-0.15, -0.1) is 0 Å². The van der Waals surface area contributed by atoms with E-state index in [1.807, 2.05) is 36.1 Å². The number of fused-ring (bicyclic) bond motifs is 7. The van der Waals surface area contributed by atoms with E-state index < -0.39 is 29.5 Å². The van der Waals surface area contributed by atoms with Gasteiger partial charge in [-0.05, 0) is 19.4 Å². The Morgan fingerprint density at radius 2 is 2.23 bits per heavy atom. The molecule has 6 rings (SSSR count). The second kappa shape index (κ2) is 4.56. The molecule has 26 heavy (non-hydrogen) atoms. The quantitative estimate of drug-likeness (QED) is 0.780. The molecule has 1 amide bonds. The van der Waals surface area contributed by atoms with E-state index in [4.69, 9.17) is 9.47 Å². The lowest BCUT2D eigenvalue weighted by Gasteiger charge is -2.44. The molecule has 3 fully saturated rings. The molecule has 0 aromatic heterocycles. The third kappa shape index (κ3) is 1.48. The standard InChI is InChI=1S/C20H19NO5/c1-9-2-3-12-11(8-9)16-10(5-7-25-16)17-20-6-4-13(26-20)14(19(23)24)15(20)18(22)21(12)17/h2-4,6,8,10,13-17H,5,7H2,1H3,(H,23,24)/t10-,13+,14+,15-,16+,17-,20-/m0/s1. The molecule has 3 saturated heterocycles. The van der Waals surface area contributed by atoms with Crippen LogP contribution in [0.3, 0.4) is 0 Å². The molecule has 1 aromatic rings. The number of anilines is 1. The van der Waals surface area contributed by atoms with Crippen molar-refractivity contribution in [2.24, 2.45) is 17.8 Å². The highest BCUT2D eigenvalue weighted by Gasteiger charge is 2.74. The number of carbonyl (C=O) groups excluding carboxylic acids is 1. The van der Waals surface area contributed by atoms with Gasteiger partial charge < -0.3 is 19.5 Å². The molecule has 1 spiro atoms. The Hall–Kier alpha value is -2.18. The van der Waals surface area contributed by atoms with Crippen LogP contribution in [-0.4, -0.2) is 41.3 Å². The number of hydrogen-bond donors (Lipinski definition) is 1. The number of aliphatic carboxylic acids is 1. The van der Waals surface area contributed by atoms with E-state index in [2.05, 4.69) is 6.07 Å². The summed E-state index contributed by atoms with van der Waals surface area (Å²) in [5.41, 5.74) is 2.17. The van der Waals surface area contributed by atoms with E-state index in [0.717, 1.165) is 23.2 Å². The zero-order chi connectivity index (χ0) is 17.8. The molecule has 5 heterocycles. The molecule has 0 aliphatic carbocycles. The van der Waals surface area contributed by atoms with Crippen LogP contribution in [0.5, 0.6) is 0 Å². The Balaban J connectivity index is 1.59. The summed E-state index contributed by atoms with van der Waals surface area (Å²) in [6, 6.07) is 5.86. The van der Waals surface area contributed by atoms with E-state index in [1.54, 1.807) is 0 Å². The van der Waals surface area contributed by atoms with Gasteiger partial charge in [0.2, 0.25) is 5.91 Å². The first-order chi connectivity index (χ1) is 12.5. The Morgan fingerprint density at radius 3 is 3.04 bits per heavy atom. The van der Waals surface area contributed by atoms with Crippen LogP contribution >= 0.6 is 0 Å². The zero-order valence-corrected chi connectivity index (χ0v) is 14.3. The smallest absolute Gasteiger partial charge is 0.310 e. The lowest BCUT2D eigenvalue weighted by molar-refractivity contribution is -0.146. The first kappa shape index (κ1) is 14.9. The van der Waals surface area contributed by atoms with Crippen LogP contribution < -0.4 is 4.90 Å². The van der Waals surface area contributed by atoms with Crippen molar-refractivity contribution in [2.75, 3.05) is 11.5 Å². The Labute approximate surface area is 150 Å². The number of nitrogens with zero attached hydrogens (tertiary/aromatic N) is 1. The largest absolute Gasteiger partial charge is 0.481 e. The number of carboxylic acids is 1. The third-order valence-electron chi connectivity index (χ3n) is 6.91. The number of benzene rings is 1. The third-order valence-corrected chi connectivity index (χ3v) is 6.91. The summed E-state index contributed by atoms with van der Waals surface area (Å²) in [6.45, 7) is 2.68. The Bertz CT molecular complexity index is 894. The van der Waals surface area contributed by atoms with Gasteiger partial charge in [0.1, 0.15) is 11.5 Å². The summed E-state index contributed by atoms with van der Waals surface area (Å²) in [5, 5.41) is 9.74. The molecular weight excluding hydrogens is 334 g/mol. The van der Waals surface area contributed by atoms with Crippen molar-refractivity contribution in [1.82, 2.24) is 0 Å². The first-order valence-corrected chi connectivity index (χ1v) is 9.18. The number of hydrogen-bond acceptors (Lipinski definition) is 4. The van der Waals surface area contributed by atoms with Crippen molar-refractivity contribution in [1.29, 1.82) is 0 Å². The predicted molar refractivity (Wildman–Crippen MR) is 90.6 cm³/mol. The van der Waals surface area contributed by atoms with Gasteiger partial charge in [-0.2, -0.15) is 0 Å². The average Bonchev–Trinajstić information content (AvgIpc) is 3.35. The molecule has 5 aliphatic rings. The molecule has 1 N–H and O–H groups in total. The van der Waals surface area contributed by atoms with Gasteiger partial charge in [0.25, 0.3) is 0 Å². The van der Waals surface area contributed by atoms with Crippen LogP contribution in [0.4, 0.5) is 5.69 Å². The molecule has 6 nitrogen and oxygen atoms in total. The van der Waals surface area contributed by atoms with Crippen LogP contribution in [0.2, 0.25) is 0 Å². The summed E-state index contributed by atoms with van der Waals surface area (Å²) in [5.74, 6) is -2.43. The monoisotopic (exact) mass is 353 g/mol. The molecule has 7 atom stereocenters. The van der Waals surface area contributed by atoms with Crippen molar-refractivity contribution in [3.05, 3.63) is 41.5 Å². The van der Waals surface area contributed by atoms with Crippen LogP contribution in [0.15, 0.2) is 30.4 Å². The van der Waals surface area contributed by atoms with E-state index in [9.17, 15) is 14.7 Å². The maximum absolute atomic E-state index is 13.5. The molecule has 0 saturated carbocycles. The van der Waals surface area contributed by atoms with Crippen LogP contribution in [0, 0.1) is 24.7 Å². The van der Waals surface area contributed by atoms with Gasteiger partial charge in [-0.1, -0.05) is 29.8 Å². The molecular formula is C20H19NO5. The molecule has 1 aromatic carbocycles. The summed E-state index contributed by atoms with van der Waals surface area (Å²) >= 11 is 0. The average molecular weight is 353 g/mol. The number of rotatable bonds is 1. The van der Waals surface area contributed by atoms with Crippen LogP contribution in [-0.2, 0) is 19.1 Å². The Morgan fingerprint density at radius 1 is 1.38 bits per heavy atom. The minimum Gasteiger partial charge on any atom is -0.481 e. The number of carboxylic acid groups (broad SMARTS) is 1. The van der Waals surface area contributed by atoms with Crippen LogP contribution in [0.1, 0.15) is 23.7 Å². The lowest BCUT2D eigenvalue weighted by atomic mass is 9.70. The fourth-order valence-corrected chi connectivity index (χ4v) is 6.04. The number of ether oxygens (including phenoxy) is 2. The summed E-state index contributed by atoms with van der Waals surface area (Å²) < 4.78 is 12.3. The summed E-state index contributed by atoms with van der Waals surface area (Å²) in [4.78, 5) is 27.2. The minimum absolute atomic E-state index is 0.0630. The number of aryl methyl sites for hydroxylation is 1. The van der Waals surface area contributed by atoms with Crippen molar-refractivity contribution in [3.8, 4) is 0 Å². The normalized spacial score (nSPS) is 44.0. The Kier molecular flexibility index (Phi) is 2.62. The molecule has 134 valence electrons. The highest BCUT2D eigenvalue weighted by molar-refractivity contribution is 6.04. The van der Waals surface area contributed by atoms with Crippen LogP contribution in [0.25, 0.3) is 0 Å². The number of carbonyl (C=O) groups is 2. The number of amides is 1. The van der Waals surface area contributed by atoms with Crippen molar-refractivity contribution in [3.63, 3.8) is 0 Å². The predicted octanol–water partition coefficient (Wildman–Crippen LogP) is 1.83. The van der Waals surface area contributed by atoms with Gasteiger partial charge >= 0.3 is 5.97 Å². The minimum atomic E-state index is -0.956. The second-order valence-electron chi connectivity index (χ2n) is 8.10. The van der Waals surface area contributed by atoms with Gasteiger partial charge in [-0.25, -0.2) is 0 Å². The SMILES string of the molecule is Cc1ccc2c(c1)[C@@H]1OCC[C@@H]1[C@@H]1N2C(=O)[C@@H]2[C@H](C(=O)O)[C@H]3C=C[C@]21O3. The van der Waals surface area contributed by atoms with E-state index in [0.29, 0.717) is 6.61 Å². The highest BCUT2D eigenvalue weighted by Crippen LogP contribution is 2.62. The topological polar surface area (TPSA) is 76.1 Å². The molecule has 0 radical (unpaired) electrons. The molecule has 5 aliphatic heterocycles. The molecule has 6 heteroatoms. The maximum Gasteiger partial charge on any atom is 0.310 e. The lowest BCUT2D eigenvalue weighted by Crippen LogP contribution is -2.53. The van der Waals surface area contributed by atoms with Crippen molar-refractivity contribution >= 4 is 17.6 Å². The van der Waals surface area contributed by atoms with E-state index in [-0.39, 0.29) is 24.0 Å². The van der Waals surface area contributed by atoms with Gasteiger partial charge in [0.05, 0.1) is 24.2 Å². The highest BCUT2D eigenvalue weighted by atomic mass is 16.5. The summed E-state index contributed by atoms with van der Waals surface area (Å²) in [6.07, 6.45) is 4.07.